The highest BCUT2D eigenvalue weighted by Crippen LogP contribution is 2.28. The molecule has 0 radical (unpaired) electrons. The Balaban J connectivity index is 2.84. The molecule has 0 aliphatic heterocycles. The first-order chi connectivity index (χ1) is 8.45. The maximum Gasteiger partial charge on any atom is 0.269 e. The van der Waals surface area contributed by atoms with E-state index < -0.39 is 11.0 Å². The van der Waals surface area contributed by atoms with Crippen molar-refractivity contribution in [3.63, 3.8) is 0 Å². The van der Waals surface area contributed by atoms with Crippen LogP contribution in [0.1, 0.15) is 19.4 Å². The van der Waals surface area contributed by atoms with Gasteiger partial charge in [-0.2, -0.15) is 11.8 Å². The average Bonchev–Trinajstić information content (AvgIpc) is 2.35. The topological polar surface area (TPSA) is 75.4 Å². The van der Waals surface area contributed by atoms with Gasteiger partial charge in [0.05, 0.1) is 11.0 Å². The lowest BCUT2D eigenvalue weighted by molar-refractivity contribution is -0.384. The number of nitro groups is 1. The van der Waals surface area contributed by atoms with Gasteiger partial charge in [0, 0.05) is 35.9 Å². The molecular weight excluding hydrogens is 252 g/mol. The van der Waals surface area contributed by atoms with Gasteiger partial charge >= 0.3 is 0 Å². The number of nitrogens with zero attached hydrogens (tertiary/aromatic N) is 1. The fourth-order valence-electron chi connectivity index (χ4n) is 1.42. The number of rotatable bonds is 6. The van der Waals surface area contributed by atoms with E-state index in [2.05, 4.69) is 5.32 Å². The lowest BCUT2D eigenvalue weighted by atomic mass is 10.2. The van der Waals surface area contributed by atoms with E-state index in [1.807, 2.05) is 6.92 Å². The number of aliphatic hydroxyl groups excluding tert-OH is 1. The van der Waals surface area contributed by atoms with Gasteiger partial charge in [0.15, 0.2) is 0 Å². The van der Waals surface area contributed by atoms with Gasteiger partial charge in [-0.1, -0.05) is 6.92 Å². The number of benzene rings is 1. The molecule has 1 aromatic rings. The molecule has 5 nitrogen and oxygen atoms in total. The molecule has 2 unspecified atom stereocenters. The molecule has 0 aromatic heterocycles. The predicted octanol–water partition coefficient (Wildman–Crippen LogP) is 2.64. The summed E-state index contributed by atoms with van der Waals surface area (Å²) in [5.74, 6) is 0.629. The molecule has 0 amide bonds. The van der Waals surface area contributed by atoms with Crippen molar-refractivity contribution < 1.29 is 10.0 Å². The highest BCUT2D eigenvalue weighted by atomic mass is 32.2. The maximum absolute atomic E-state index is 10.7. The van der Waals surface area contributed by atoms with Crippen molar-refractivity contribution in [1.82, 2.24) is 0 Å². The highest BCUT2D eigenvalue weighted by Gasteiger charge is 2.13. The van der Waals surface area contributed by atoms with Crippen LogP contribution in [0.15, 0.2) is 18.2 Å². The molecule has 0 saturated heterocycles. The van der Waals surface area contributed by atoms with Crippen molar-refractivity contribution >= 4 is 23.1 Å². The quantitative estimate of drug-likeness (QED) is 0.614. The van der Waals surface area contributed by atoms with Gasteiger partial charge in [0.2, 0.25) is 0 Å². The number of nitrogens with one attached hydrogen (secondary N) is 1. The fraction of sp³-hybridized carbons (Fsp3) is 0.500. The molecule has 2 N–H and O–H groups in total. The van der Waals surface area contributed by atoms with Crippen molar-refractivity contribution in [3.05, 3.63) is 33.9 Å². The van der Waals surface area contributed by atoms with Crippen molar-refractivity contribution in [1.29, 1.82) is 0 Å². The lowest BCUT2D eigenvalue weighted by Gasteiger charge is -2.15. The predicted molar refractivity (Wildman–Crippen MR) is 75.1 cm³/mol. The lowest BCUT2D eigenvalue weighted by Crippen LogP contribution is -2.15. The van der Waals surface area contributed by atoms with Gasteiger partial charge in [0.1, 0.15) is 0 Å². The van der Waals surface area contributed by atoms with Crippen LogP contribution in [-0.4, -0.2) is 28.4 Å². The minimum Gasteiger partial charge on any atom is -0.392 e. The molecule has 6 heteroatoms. The van der Waals surface area contributed by atoms with Crippen LogP contribution in [0.4, 0.5) is 11.4 Å². The van der Waals surface area contributed by atoms with Crippen molar-refractivity contribution in [3.8, 4) is 0 Å². The van der Waals surface area contributed by atoms with Gasteiger partial charge in [-0.05, 0) is 18.6 Å². The number of non-ortho nitro benzene ring substituents is 1. The Morgan fingerprint density at radius 1 is 1.50 bits per heavy atom. The SMILES string of the molecule is CNc1ccc([N+](=O)[O-])cc1CSC(C)C(C)O. The van der Waals surface area contributed by atoms with Crippen LogP contribution < -0.4 is 5.32 Å². The third-order valence-electron chi connectivity index (χ3n) is 2.75. The molecule has 1 rings (SSSR count). The second-order valence-corrected chi connectivity index (χ2v) is 5.47. The van der Waals surface area contributed by atoms with E-state index in [0.29, 0.717) is 5.75 Å². The van der Waals surface area contributed by atoms with E-state index in [9.17, 15) is 15.2 Å². The minimum absolute atomic E-state index is 0.0916. The average molecular weight is 270 g/mol. The van der Waals surface area contributed by atoms with Gasteiger partial charge in [-0.3, -0.25) is 10.1 Å². The Bertz CT molecular complexity index is 424. The summed E-state index contributed by atoms with van der Waals surface area (Å²) >= 11 is 1.57. The number of hydrogen-bond acceptors (Lipinski definition) is 5. The maximum atomic E-state index is 10.7. The van der Waals surface area contributed by atoms with Gasteiger partial charge in [0.25, 0.3) is 5.69 Å². The molecule has 18 heavy (non-hydrogen) atoms. The molecule has 2 atom stereocenters. The molecule has 0 heterocycles. The molecule has 100 valence electrons. The molecular formula is C12H18N2O3S. The van der Waals surface area contributed by atoms with Crippen LogP contribution in [0.25, 0.3) is 0 Å². The van der Waals surface area contributed by atoms with Crippen molar-refractivity contribution in [2.45, 2.75) is 31.0 Å². The summed E-state index contributed by atoms with van der Waals surface area (Å²) in [5.41, 5.74) is 1.85. The molecule has 0 aliphatic rings. The van der Waals surface area contributed by atoms with Crippen LogP contribution in [0.3, 0.4) is 0 Å². The summed E-state index contributed by atoms with van der Waals surface area (Å²) in [4.78, 5) is 10.3. The van der Waals surface area contributed by atoms with Crippen LogP contribution in [0.2, 0.25) is 0 Å². The summed E-state index contributed by atoms with van der Waals surface area (Å²) in [6.45, 7) is 3.68. The Morgan fingerprint density at radius 3 is 2.67 bits per heavy atom. The van der Waals surface area contributed by atoms with E-state index in [1.54, 1.807) is 37.9 Å². The van der Waals surface area contributed by atoms with E-state index >= 15 is 0 Å². The van der Waals surface area contributed by atoms with E-state index in [4.69, 9.17) is 0 Å². The van der Waals surface area contributed by atoms with Crippen LogP contribution in [-0.2, 0) is 5.75 Å². The Kier molecular flexibility index (Phi) is 5.43. The molecule has 0 spiro atoms. The Labute approximate surface area is 111 Å². The van der Waals surface area contributed by atoms with E-state index in [1.165, 1.54) is 6.07 Å². The summed E-state index contributed by atoms with van der Waals surface area (Å²) in [6.07, 6.45) is -0.397. The third kappa shape index (κ3) is 3.89. The van der Waals surface area contributed by atoms with Gasteiger partial charge in [-0.15, -0.1) is 0 Å². The summed E-state index contributed by atoms with van der Waals surface area (Å²) in [7, 11) is 1.79. The normalized spacial score (nSPS) is 14.0. The summed E-state index contributed by atoms with van der Waals surface area (Å²) in [6, 6.07) is 4.77. The zero-order chi connectivity index (χ0) is 13.7. The van der Waals surface area contributed by atoms with E-state index in [0.717, 1.165) is 11.3 Å². The van der Waals surface area contributed by atoms with Gasteiger partial charge < -0.3 is 10.4 Å². The third-order valence-corrected chi connectivity index (χ3v) is 4.15. The van der Waals surface area contributed by atoms with Gasteiger partial charge in [-0.25, -0.2) is 0 Å². The van der Waals surface area contributed by atoms with Crippen molar-refractivity contribution in [2.75, 3.05) is 12.4 Å². The second-order valence-electron chi connectivity index (χ2n) is 4.11. The number of anilines is 1. The molecule has 0 fully saturated rings. The minimum atomic E-state index is -0.397. The Hall–Kier alpha value is -1.27. The first kappa shape index (κ1) is 14.8. The standard InChI is InChI=1S/C12H18N2O3S/c1-8(15)9(2)18-7-10-6-11(14(16)17)4-5-12(10)13-3/h4-6,8-9,13,15H,7H2,1-3H3. The molecule has 1 aromatic carbocycles. The number of aliphatic hydroxyl groups is 1. The largest absolute Gasteiger partial charge is 0.392 e. The zero-order valence-corrected chi connectivity index (χ0v) is 11.5. The fourth-order valence-corrected chi connectivity index (χ4v) is 2.38. The van der Waals surface area contributed by atoms with Crippen LogP contribution in [0.5, 0.6) is 0 Å². The summed E-state index contributed by atoms with van der Waals surface area (Å²) < 4.78 is 0. The number of hydrogen-bond donors (Lipinski definition) is 2. The summed E-state index contributed by atoms with van der Waals surface area (Å²) in [5, 5.41) is 23.3. The smallest absolute Gasteiger partial charge is 0.269 e. The monoisotopic (exact) mass is 270 g/mol. The molecule has 0 bridgehead atoms. The van der Waals surface area contributed by atoms with Crippen LogP contribution in [0, 0.1) is 10.1 Å². The van der Waals surface area contributed by atoms with Crippen LogP contribution >= 0.6 is 11.8 Å². The first-order valence-electron chi connectivity index (χ1n) is 5.70. The highest BCUT2D eigenvalue weighted by molar-refractivity contribution is 7.99. The second kappa shape index (κ2) is 6.61. The van der Waals surface area contributed by atoms with Crippen molar-refractivity contribution in [2.24, 2.45) is 0 Å². The molecule has 0 saturated carbocycles. The first-order valence-corrected chi connectivity index (χ1v) is 6.75. The Morgan fingerprint density at radius 2 is 2.17 bits per heavy atom. The van der Waals surface area contributed by atoms with E-state index in [-0.39, 0.29) is 10.9 Å². The number of thioether (sulfide) groups is 1. The number of nitro benzene ring substituents is 1. The zero-order valence-electron chi connectivity index (χ0n) is 10.7. The molecule has 0 aliphatic carbocycles.